The van der Waals surface area contributed by atoms with E-state index in [0.29, 0.717) is 12.0 Å². The van der Waals surface area contributed by atoms with E-state index in [-0.39, 0.29) is 38.6 Å². The third-order valence-electron chi connectivity index (χ3n) is 4.29. The second kappa shape index (κ2) is 13.5. The number of benzene rings is 1. The Labute approximate surface area is 191 Å². The maximum absolute atomic E-state index is 11.9. The molecule has 0 aliphatic carbocycles. The van der Waals surface area contributed by atoms with Crippen LogP contribution in [0.3, 0.4) is 0 Å². The molecule has 3 nitrogen and oxygen atoms in total. The Balaban J connectivity index is 0.00000676. The Morgan fingerprint density at radius 2 is 1.81 bits per heavy atom. The number of hydrogen-bond donors (Lipinski definition) is 1. The molecule has 27 heavy (non-hydrogen) atoms. The SMILES string of the molecule is [CH2-]CCCC#CCN(C(C)=O)c1ccc(C(O)CCCC(C)(C)C)cc1.[Y]. The Morgan fingerprint density at radius 3 is 2.33 bits per heavy atom. The largest absolute Gasteiger partial charge is 0.388 e. The maximum atomic E-state index is 11.9. The van der Waals surface area contributed by atoms with Crippen LogP contribution in [0.15, 0.2) is 24.3 Å². The van der Waals surface area contributed by atoms with E-state index in [4.69, 9.17) is 0 Å². The van der Waals surface area contributed by atoms with Gasteiger partial charge in [0, 0.05) is 51.7 Å². The van der Waals surface area contributed by atoms with Crippen LogP contribution >= 0.6 is 0 Å². The molecule has 0 aromatic heterocycles. The van der Waals surface area contributed by atoms with Gasteiger partial charge in [0.1, 0.15) is 0 Å². The average molecular weight is 445 g/mol. The summed E-state index contributed by atoms with van der Waals surface area (Å²) in [6, 6.07) is 7.59. The van der Waals surface area contributed by atoms with Crippen molar-refractivity contribution < 1.29 is 42.6 Å². The van der Waals surface area contributed by atoms with Crippen molar-refractivity contribution in [3.05, 3.63) is 36.8 Å². The summed E-state index contributed by atoms with van der Waals surface area (Å²) in [6.45, 7) is 12.4. The number of rotatable bonds is 8. The van der Waals surface area contributed by atoms with Crippen LogP contribution in [0.25, 0.3) is 0 Å². The van der Waals surface area contributed by atoms with E-state index in [1.54, 1.807) is 11.8 Å². The fourth-order valence-corrected chi connectivity index (χ4v) is 2.69. The van der Waals surface area contributed by atoms with Gasteiger partial charge >= 0.3 is 0 Å². The van der Waals surface area contributed by atoms with E-state index in [1.165, 1.54) is 0 Å². The molecule has 0 saturated heterocycles. The van der Waals surface area contributed by atoms with Crippen molar-refractivity contribution in [3.8, 4) is 11.8 Å². The first-order valence-electron chi connectivity index (χ1n) is 9.55. The van der Waals surface area contributed by atoms with Gasteiger partial charge in [0.05, 0.1) is 12.6 Å². The van der Waals surface area contributed by atoms with Crippen LogP contribution in [-0.4, -0.2) is 17.6 Å². The number of hydrogen-bond acceptors (Lipinski definition) is 2. The van der Waals surface area contributed by atoms with Crippen molar-refractivity contribution in [1.82, 2.24) is 0 Å². The third kappa shape index (κ3) is 11.0. The van der Waals surface area contributed by atoms with Gasteiger partial charge in [-0.25, -0.2) is 0 Å². The van der Waals surface area contributed by atoms with E-state index in [2.05, 4.69) is 39.5 Å². The van der Waals surface area contributed by atoms with Gasteiger partial charge in [-0.05, 0) is 36.0 Å². The van der Waals surface area contributed by atoms with Gasteiger partial charge in [-0.3, -0.25) is 4.79 Å². The zero-order valence-electron chi connectivity index (χ0n) is 17.4. The van der Waals surface area contributed by atoms with Crippen LogP contribution in [0, 0.1) is 24.2 Å². The fourth-order valence-electron chi connectivity index (χ4n) is 2.69. The van der Waals surface area contributed by atoms with Crippen molar-refractivity contribution in [2.45, 2.75) is 72.3 Å². The first-order chi connectivity index (χ1) is 12.2. The zero-order chi connectivity index (χ0) is 19.6. The molecular weight excluding hydrogens is 411 g/mol. The molecule has 1 radical (unpaired) electrons. The average Bonchev–Trinajstić information content (AvgIpc) is 2.57. The van der Waals surface area contributed by atoms with Crippen molar-refractivity contribution in [3.63, 3.8) is 0 Å². The van der Waals surface area contributed by atoms with E-state index >= 15 is 0 Å². The third-order valence-corrected chi connectivity index (χ3v) is 4.29. The minimum atomic E-state index is -0.459. The molecule has 0 heterocycles. The smallest absolute Gasteiger partial charge is 0.224 e. The molecule has 0 saturated carbocycles. The minimum absolute atomic E-state index is 0. The van der Waals surface area contributed by atoms with Gasteiger partial charge in [-0.1, -0.05) is 51.7 Å². The molecule has 1 amide bonds. The number of unbranched alkanes of at least 4 members (excludes halogenated alkanes) is 2. The molecule has 4 heteroatoms. The van der Waals surface area contributed by atoms with E-state index < -0.39 is 6.10 Å². The van der Waals surface area contributed by atoms with Gasteiger partial charge in [0.25, 0.3) is 0 Å². The van der Waals surface area contributed by atoms with Crippen molar-refractivity contribution >= 4 is 11.6 Å². The van der Waals surface area contributed by atoms with E-state index in [9.17, 15) is 9.90 Å². The van der Waals surface area contributed by atoms with Crippen LogP contribution in [-0.2, 0) is 37.5 Å². The van der Waals surface area contributed by atoms with Crippen molar-refractivity contribution in [2.24, 2.45) is 5.41 Å². The Morgan fingerprint density at radius 1 is 1.19 bits per heavy atom. The normalized spacial score (nSPS) is 11.8. The Kier molecular flexibility index (Phi) is 13.1. The number of carbonyl (C=O) groups excluding carboxylic acids is 1. The molecule has 0 fully saturated rings. The van der Waals surface area contributed by atoms with Gasteiger partial charge in [-0.2, -0.15) is 6.42 Å². The zero-order valence-corrected chi connectivity index (χ0v) is 20.3. The van der Waals surface area contributed by atoms with Crippen LogP contribution < -0.4 is 4.90 Å². The quantitative estimate of drug-likeness (QED) is 0.335. The van der Waals surface area contributed by atoms with Gasteiger partial charge in [0.15, 0.2) is 0 Å². The first kappa shape index (κ1) is 26.3. The molecule has 1 aromatic carbocycles. The number of aliphatic hydroxyl groups excluding tert-OH is 1. The Hall–Kier alpha value is -0.686. The number of amides is 1. The summed E-state index contributed by atoms with van der Waals surface area (Å²) in [4.78, 5) is 13.6. The molecule has 1 unspecified atom stereocenters. The molecule has 0 aliphatic rings. The molecule has 1 rings (SSSR count). The molecular formula is C23H34NO2Y-. The summed E-state index contributed by atoms with van der Waals surface area (Å²) < 4.78 is 0. The van der Waals surface area contributed by atoms with Crippen molar-refractivity contribution in [1.29, 1.82) is 0 Å². The van der Waals surface area contributed by atoms with E-state index in [0.717, 1.165) is 49.8 Å². The predicted octanol–water partition coefficient (Wildman–Crippen LogP) is 5.29. The summed E-state index contributed by atoms with van der Waals surface area (Å²) >= 11 is 0. The van der Waals surface area contributed by atoms with Crippen LogP contribution in [0.2, 0.25) is 0 Å². The van der Waals surface area contributed by atoms with Crippen LogP contribution in [0.1, 0.15) is 77.9 Å². The van der Waals surface area contributed by atoms with Gasteiger partial charge < -0.3 is 16.9 Å². The number of aliphatic hydroxyl groups is 1. The van der Waals surface area contributed by atoms with E-state index in [1.807, 2.05) is 24.3 Å². The summed E-state index contributed by atoms with van der Waals surface area (Å²) in [5.74, 6) is 6.11. The number of carbonyl (C=O) groups is 1. The topological polar surface area (TPSA) is 40.5 Å². The summed E-state index contributed by atoms with van der Waals surface area (Å²) in [7, 11) is 0. The summed E-state index contributed by atoms with van der Waals surface area (Å²) in [6.07, 6.45) is 5.06. The molecule has 1 atom stereocenters. The van der Waals surface area contributed by atoms with Gasteiger partial charge in [0.2, 0.25) is 5.91 Å². The predicted molar refractivity (Wildman–Crippen MR) is 110 cm³/mol. The standard InChI is InChI=1S/C23H34NO2.Y/c1-6-7-8-9-10-18-24(19(2)25)21-15-13-20(14-16-21)22(26)12-11-17-23(3,4)5;/h13-16,22,26H,1,6-8,11-12,17-18H2,2-5H3;/q-1;. The summed E-state index contributed by atoms with van der Waals surface area (Å²) in [5, 5.41) is 10.4. The molecule has 147 valence electrons. The van der Waals surface area contributed by atoms with Crippen molar-refractivity contribution in [2.75, 3.05) is 11.4 Å². The molecule has 1 N–H and O–H groups in total. The molecule has 1 aromatic rings. The number of anilines is 1. The fraction of sp³-hybridized carbons (Fsp3) is 0.565. The molecule has 0 aliphatic heterocycles. The Bertz CT molecular complexity index is 608. The molecule has 0 spiro atoms. The minimum Gasteiger partial charge on any atom is -0.388 e. The van der Waals surface area contributed by atoms with Crippen LogP contribution in [0.4, 0.5) is 5.69 Å². The second-order valence-electron chi connectivity index (χ2n) is 7.98. The second-order valence-corrected chi connectivity index (χ2v) is 7.98. The maximum Gasteiger partial charge on any atom is 0.224 e. The summed E-state index contributed by atoms with van der Waals surface area (Å²) in [5.41, 5.74) is 2.00. The monoisotopic (exact) mass is 445 g/mol. The first-order valence-corrected chi connectivity index (χ1v) is 9.55. The van der Waals surface area contributed by atoms with Crippen LogP contribution in [0.5, 0.6) is 0 Å². The van der Waals surface area contributed by atoms with Gasteiger partial charge in [-0.15, -0.1) is 5.92 Å². The molecule has 0 bridgehead atoms. The number of nitrogens with zero attached hydrogens (tertiary/aromatic N) is 1.